The molecule has 122 valence electrons. The summed E-state index contributed by atoms with van der Waals surface area (Å²) < 4.78 is 0. The quantitative estimate of drug-likeness (QED) is 0.436. The van der Waals surface area contributed by atoms with Crippen molar-refractivity contribution in [1.29, 1.82) is 0 Å². The minimum absolute atomic E-state index is 0.0226. The summed E-state index contributed by atoms with van der Waals surface area (Å²) in [6, 6.07) is 10.2. The van der Waals surface area contributed by atoms with Crippen LogP contribution in [0.4, 0.5) is 17.1 Å². The number of hydrogen-bond acceptors (Lipinski definition) is 5. The minimum Gasteiger partial charge on any atom is -0.372 e. The number of aromatic nitrogens is 2. The number of nitro benzene ring substituents is 1. The third-order valence-corrected chi connectivity index (χ3v) is 3.54. The first-order valence-corrected chi connectivity index (χ1v) is 7.16. The molecule has 8 heteroatoms. The number of imidazole rings is 1. The SMILES string of the molecule is CN(C)c1ccc(C=Nc2ccc3[nH]c(=O)[nH]c3c2)cc1[N+](=O)[O-]. The van der Waals surface area contributed by atoms with Crippen LogP contribution in [-0.2, 0) is 0 Å². The summed E-state index contributed by atoms with van der Waals surface area (Å²) in [5.41, 5.74) is 2.89. The molecule has 0 bridgehead atoms. The summed E-state index contributed by atoms with van der Waals surface area (Å²) in [5.74, 6) is 0. The molecule has 0 aliphatic heterocycles. The number of aromatic amines is 2. The van der Waals surface area contributed by atoms with E-state index in [1.54, 1.807) is 55.5 Å². The Morgan fingerprint density at radius 3 is 2.58 bits per heavy atom. The van der Waals surface area contributed by atoms with E-state index < -0.39 is 4.92 Å². The fourth-order valence-corrected chi connectivity index (χ4v) is 2.40. The van der Waals surface area contributed by atoms with E-state index in [4.69, 9.17) is 0 Å². The van der Waals surface area contributed by atoms with Gasteiger partial charge in [-0.25, -0.2) is 4.79 Å². The number of benzene rings is 2. The molecule has 0 unspecified atom stereocenters. The first-order valence-electron chi connectivity index (χ1n) is 7.16. The van der Waals surface area contributed by atoms with Crippen molar-refractivity contribution in [2.75, 3.05) is 19.0 Å². The Kier molecular flexibility index (Phi) is 3.87. The highest BCUT2D eigenvalue weighted by Crippen LogP contribution is 2.27. The molecule has 8 nitrogen and oxygen atoms in total. The molecule has 0 fully saturated rings. The Bertz CT molecular complexity index is 1000. The highest BCUT2D eigenvalue weighted by molar-refractivity contribution is 5.86. The smallest absolute Gasteiger partial charge is 0.323 e. The van der Waals surface area contributed by atoms with Crippen molar-refractivity contribution in [1.82, 2.24) is 9.97 Å². The number of hydrogen-bond donors (Lipinski definition) is 2. The van der Waals surface area contributed by atoms with Crippen molar-refractivity contribution in [2.24, 2.45) is 4.99 Å². The zero-order chi connectivity index (χ0) is 17.3. The molecule has 0 spiro atoms. The molecule has 0 atom stereocenters. The molecule has 3 aromatic rings. The normalized spacial score (nSPS) is 11.2. The highest BCUT2D eigenvalue weighted by atomic mass is 16.6. The molecule has 3 rings (SSSR count). The topological polar surface area (TPSA) is 107 Å². The van der Waals surface area contributed by atoms with Gasteiger partial charge in [0.1, 0.15) is 5.69 Å². The number of aliphatic imine (C=N–C) groups is 1. The second-order valence-electron chi connectivity index (χ2n) is 5.47. The maximum absolute atomic E-state index is 11.3. The molecule has 2 N–H and O–H groups in total. The van der Waals surface area contributed by atoms with Gasteiger partial charge in [0.15, 0.2) is 0 Å². The molecule has 0 saturated carbocycles. The average molecular weight is 325 g/mol. The van der Waals surface area contributed by atoms with Gasteiger partial charge in [0.25, 0.3) is 5.69 Å². The fourth-order valence-electron chi connectivity index (χ4n) is 2.40. The summed E-state index contributed by atoms with van der Waals surface area (Å²) in [4.78, 5) is 33.4. The largest absolute Gasteiger partial charge is 0.372 e. The minimum atomic E-state index is -0.413. The van der Waals surface area contributed by atoms with Gasteiger partial charge < -0.3 is 14.9 Å². The van der Waals surface area contributed by atoms with Crippen LogP contribution in [-0.4, -0.2) is 35.2 Å². The number of rotatable bonds is 4. The molecule has 0 radical (unpaired) electrons. The van der Waals surface area contributed by atoms with Crippen molar-refractivity contribution >= 4 is 34.3 Å². The van der Waals surface area contributed by atoms with Gasteiger partial charge in [0, 0.05) is 26.4 Å². The lowest BCUT2D eigenvalue weighted by atomic mass is 10.1. The predicted molar refractivity (Wildman–Crippen MR) is 93.6 cm³/mol. The van der Waals surface area contributed by atoms with Crippen LogP contribution >= 0.6 is 0 Å². The molecular formula is C16H15N5O3. The molecule has 1 heterocycles. The van der Waals surface area contributed by atoms with Crippen LogP contribution in [0.1, 0.15) is 5.56 Å². The zero-order valence-electron chi connectivity index (χ0n) is 13.1. The van der Waals surface area contributed by atoms with Gasteiger partial charge in [-0.15, -0.1) is 0 Å². The number of nitro groups is 1. The van der Waals surface area contributed by atoms with Gasteiger partial charge in [-0.05, 0) is 29.8 Å². The Morgan fingerprint density at radius 2 is 1.88 bits per heavy atom. The van der Waals surface area contributed by atoms with Crippen molar-refractivity contribution in [2.45, 2.75) is 0 Å². The predicted octanol–water partition coefficient (Wildman–Crippen LogP) is 2.58. The Hall–Kier alpha value is -3.42. The lowest BCUT2D eigenvalue weighted by Crippen LogP contribution is -2.11. The van der Waals surface area contributed by atoms with Gasteiger partial charge in [-0.3, -0.25) is 15.1 Å². The van der Waals surface area contributed by atoms with Gasteiger partial charge in [0.05, 0.1) is 21.6 Å². The zero-order valence-corrected chi connectivity index (χ0v) is 13.1. The summed E-state index contributed by atoms with van der Waals surface area (Å²) in [7, 11) is 3.51. The van der Waals surface area contributed by atoms with Gasteiger partial charge in [0.2, 0.25) is 0 Å². The summed E-state index contributed by atoms with van der Waals surface area (Å²) in [6.45, 7) is 0. The van der Waals surface area contributed by atoms with Crippen molar-refractivity contribution in [3.05, 3.63) is 62.6 Å². The first kappa shape index (κ1) is 15.5. The third-order valence-electron chi connectivity index (χ3n) is 3.54. The van der Waals surface area contributed by atoms with Crippen molar-refractivity contribution in [3.8, 4) is 0 Å². The van der Waals surface area contributed by atoms with Crippen LogP contribution in [0.5, 0.6) is 0 Å². The van der Waals surface area contributed by atoms with E-state index in [1.165, 1.54) is 6.07 Å². The molecule has 1 aromatic heterocycles. The molecule has 0 aliphatic rings. The van der Waals surface area contributed by atoms with E-state index in [0.29, 0.717) is 28.0 Å². The standard InChI is InChI=1S/C16H15N5O3/c1-20(2)14-6-3-10(7-15(14)21(23)24)9-17-11-4-5-12-13(8-11)19-16(22)18-12/h3-9H,1-2H3,(H2,18,19,22). The number of anilines is 1. The van der Waals surface area contributed by atoms with E-state index in [0.717, 1.165) is 0 Å². The average Bonchev–Trinajstić information content (AvgIpc) is 2.91. The summed E-state index contributed by atoms with van der Waals surface area (Å²) >= 11 is 0. The molecule has 2 aromatic carbocycles. The van der Waals surface area contributed by atoms with Gasteiger partial charge in [-0.1, -0.05) is 6.07 Å². The van der Waals surface area contributed by atoms with E-state index in [9.17, 15) is 14.9 Å². The van der Waals surface area contributed by atoms with Crippen LogP contribution < -0.4 is 10.6 Å². The Morgan fingerprint density at radius 1 is 1.12 bits per heavy atom. The number of nitrogens with one attached hydrogen (secondary N) is 2. The second kappa shape index (κ2) is 5.99. The molecule has 0 aliphatic carbocycles. The number of H-pyrrole nitrogens is 2. The van der Waals surface area contributed by atoms with Gasteiger partial charge >= 0.3 is 5.69 Å². The molecule has 0 saturated heterocycles. The van der Waals surface area contributed by atoms with Crippen LogP contribution in [0, 0.1) is 10.1 Å². The number of fused-ring (bicyclic) bond motifs is 1. The maximum Gasteiger partial charge on any atom is 0.323 e. The number of nitrogens with zero attached hydrogens (tertiary/aromatic N) is 3. The Balaban J connectivity index is 1.93. The van der Waals surface area contributed by atoms with Crippen LogP contribution in [0.25, 0.3) is 11.0 Å². The summed E-state index contributed by atoms with van der Waals surface area (Å²) in [6.07, 6.45) is 1.55. The lowest BCUT2D eigenvalue weighted by Gasteiger charge is -2.12. The third kappa shape index (κ3) is 3.02. The molecular weight excluding hydrogens is 310 g/mol. The second-order valence-corrected chi connectivity index (χ2v) is 5.47. The van der Waals surface area contributed by atoms with Crippen molar-refractivity contribution in [3.63, 3.8) is 0 Å². The monoisotopic (exact) mass is 325 g/mol. The highest BCUT2D eigenvalue weighted by Gasteiger charge is 2.15. The lowest BCUT2D eigenvalue weighted by molar-refractivity contribution is -0.384. The van der Waals surface area contributed by atoms with E-state index in [-0.39, 0.29) is 11.4 Å². The summed E-state index contributed by atoms with van der Waals surface area (Å²) in [5, 5.41) is 11.2. The van der Waals surface area contributed by atoms with Crippen LogP contribution in [0.2, 0.25) is 0 Å². The van der Waals surface area contributed by atoms with E-state index in [2.05, 4.69) is 15.0 Å². The van der Waals surface area contributed by atoms with E-state index >= 15 is 0 Å². The van der Waals surface area contributed by atoms with Crippen LogP contribution in [0.15, 0.2) is 46.2 Å². The van der Waals surface area contributed by atoms with Gasteiger partial charge in [-0.2, -0.15) is 0 Å². The van der Waals surface area contributed by atoms with Crippen LogP contribution in [0.3, 0.4) is 0 Å². The fraction of sp³-hybridized carbons (Fsp3) is 0.125. The molecule has 24 heavy (non-hydrogen) atoms. The molecule has 0 amide bonds. The Labute approximate surface area is 136 Å². The van der Waals surface area contributed by atoms with Crippen molar-refractivity contribution < 1.29 is 4.92 Å². The maximum atomic E-state index is 11.3. The first-order chi connectivity index (χ1) is 11.4. The van der Waals surface area contributed by atoms with E-state index in [1.807, 2.05) is 0 Å².